The van der Waals surface area contributed by atoms with Crippen LogP contribution in [0.15, 0.2) is 60.8 Å². The van der Waals surface area contributed by atoms with Crippen LogP contribution in [0.1, 0.15) is 16.1 Å². The Morgan fingerprint density at radius 3 is 2.29 bits per heavy atom. The van der Waals surface area contributed by atoms with E-state index < -0.39 is 0 Å². The average Bonchev–Trinajstić information content (AvgIpc) is 2.74. The number of para-hydroxylation sites is 1. The summed E-state index contributed by atoms with van der Waals surface area (Å²) in [5.74, 6) is 0.140. The Hall–Kier alpha value is -3.28. The van der Waals surface area contributed by atoms with Crippen molar-refractivity contribution in [2.45, 2.75) is 6.92 Å². The largest absolute Gasteiger partial charge is 0.368 e. The van der Waals surface area contributed by atoms with E-state index in [1.54, 1.807) is 18.3 Å². The monoisotopic (exact) mass is 376 g/mol. The minimum atomic E-state index is -0.304. The number of anilines is 1. The normalized spacial score (nSPS) is 14.2. The second kappa shape index (κ2) is 7.76. The summed E-state index contributed by atoms with van der Waals surface area (Å²) in [7, 11) is 0. The number of carbonyl (C=O) groups excluding carboxylic acids is 1. The van der Waals surface area contributed by atoms with E-state index in [9.17, 15) is 9.18 Å². The summed E-state index contributed by atoms with van der Waals surface area (Å²) in [6, 6.07) is 16.2. The molecule has 0 atom stereocenters. The van der Waals surface area contributed by atoms with Crippen LogP contribution in [0.4, 0.5) is 10.1 Å². The van der Waals surface area contributed by atoms with Gasteiger partial charge in [0, 0.05) is 43.6 Å². The van der Waals surface area contributed by atoms with Gasteiger partial charge in [0.1, 0.15) is 5.82 Å². The second-order valence-electron chi connectivity index (χ2n) is 6.81. The summed E-state index contributed by atoms with van der Waals surface area (Å²) >= 11 is 0. The Balaban J connectivity index is 1.46. The molecule has 0 aliphatic carbocycles. The van der Waals surface area contributed by atoms with Gasteiger partial charge in [-0.05, 0) is 43.3 Å². The van der Waals surface area contributed by atoms with Crippen molar-refractivity contribution in [2.75, 3.05) is 31.1 Å². The number of halogens is 1. The maximum atomic E-state index is 13.1. The van der Waals surface area contributed by atoms with Gasteiger partial charge < -0.3 is 9.80 Å². The number of amides is 1. The molecule has 0 saturated carbocycles. The smallest absolute Gasteiger partial charge is 0.257 e. The first-order valence-corrected chi connectivity index (χ1v) is 9.30. The Morgan fingerprint density at radius 1 is 0.964 bits per heavy atom. The standard InChI is InChI=1S/C22H21FN4O/c1-16-20(15-24-21(25-16)17-7-9-18(23)10-8-17)22(28)27-13-11-26(12-14-27)19-5-3-2-4-6-19/h2-10,15H,11-14H2,1H3. The highest BCUT2D eigenvalue weighted by atomic mass is 19.1. The fourth-order valence-electron chi connectivity index (χ4n) is 3.39. The lowest BCUT2D eigenvalue weighted by Crippen LogP contribution is -2.49. The third kappa shape index (κ3) is 3.71. The molecule has 142 valence electrons. The van der Waals surface area contributed by atoms with E-state index in [-0.39, 0.29) is 11.7 Å². The van der Waals surface area contributed by atoms with Crippen LogP contribution < -0.4 is 4.90 Å². The average molecular weight is 376 g/mol. The molecule has 5 nitrogen and oxygen atoms in total. The molecule has 1 aromatic heterocycles. The van der Waals surface area contributed by atoms with E-state index in [4.69, 9.17) is 0 Å². The molecule has 1 fully saturated rings. The number of carbonyl (C=O) groups is 1. The van der Waals surface area contributed by atoms with Gasteiger partial charge in [0.15, 0.2) is 5.82 Å². The lowest BCUT2D eigenvalue weighted by atomic mass is 10.1. The number of benzene rings is 2. The third-order valence-electron chi connectivity index (χ3n) is 5.00. The molecule has 2 heterocycles. The van der Waals surface area contributed by atoms with Crippen LogP contribution >= 0.6 is 0 Å². The lowest BCUT2D eigenvalue weighted by Gasteiger charge is -2.36. The van der Waals surface area contributed by atoms with Gasteiger partial charge in [-0.1, -0.05) is 18.2 Å². The first-order valence-electron chi connectivity index (χ1n) is 9.30. The third-order valence-corrected chi connectivity index (χ3v) is 5.00. The van der Waals surface area contributed by atoms with Crippen molar-refractivity contribution >= 4 is 11.6 Å². The number of hydrogen-bond acceptors (Lipinski definition) is 4. The molecule has 1 amide bonds. The number of aromatic nitrogens is 2. The van der Waals surface area contributed by atoms with Crippen LogP contribution in [-0.4, -0.2) is 47.0 Å². The van der Waals surface area contributed by atoms with Crippen LogP contribution in [0.2, 0.25) is 0 Å². The predicted octanol–water partition coefficient (Wildman–Crippen LogP) is 3.55. The topological polar surface area (TPSA) is 49.3 Å². The van der Waals surface area contributed by atoms with Crippen molar-refractivity contribution in [3.63, 3.8) is 0 Å². The molecule has 28 heavy (non-hydrogen) atoms. The van der Waals surface area contributed by atoms with Gasteiger partial charge in [0.2, 0.25) is 0 Å². The molecule has 0 radical (unpaired) electrons. The van der Waals surface area contributed by atoms with Crippen LogP contribution in [0.3, 0.4) is 0 Å². The van der Waals surface area contributed by atoms with E-state index in [1.807, 2.05) is 30.0 Å². The second-order valence-corrected chi connectivity index (χ2v) is 6.81. The number of nitrogens with zero attached hydrogens (tertiary/aromatic N) is 4. The highest BCUT2D eigenvalue weighted by Gasteiger charge is 2.24. The number of aryl methyl sites for hydroxylation is 1. The Morgan fingerprint density at radius 2 is 1.64 bits per heavy atom. The number of rotatable bonds is 3. The van der Waals surface area contributed by atoms with E-state index in [2.05, 4.69) is 27.0 Å². The van der Waals surface area contributed by atoms with Crippen molar-refractivity contribution in [3.8, 4) is 11.4 Å². The Kier molecular flexibility index (Phi) is 5.02. The predicted molar refractivity (Wildman–Crippen MR) is 107 cm³/mol. The van der Waals surface area contributed by atoms with Crippen LogP contribution in [0, 0.1) is 12.7 Å². The molecule has 1 aliphatic heterocycles. The van der Waals surface area contributed by atoms with Crippen molar-refractivity contribution in [1.29, 1.82) is 0 Å². The van der Waals surface area contributed by atoms with E-state index >= 15 is 0 Å². The van der Waals surface area contributed by atoms with E-state index in [1.165, 1.54) is 17.8 Å². The Bertz CT molecular complexity index is 968. The first kappa shape index (κ1) is 18.1. The zero-order valence-corrected chi connectivity index (χ0v) is 15.7. The minimum absolute atomic E-state index is 0.0455. The van der Waals surface area contributed by atoms with Crippen molar-refractivity contribution in [2.24, 2.45) is 0 Å². The van der Waals surface area contributed by atoms with Crippen molar-refractivity contribution in [3.05, 3.63) is 77.9 Å². The summed E-state index contributed by atoms with van der Waals surface area (Å²) in [5, 5.41) is 0. The van der Waals surface area contributed by atoms with Gasteiger partial charge in [-0.15, -0.1) is 0 Å². The van der Waals surface area contributed by atoms with E-state index in [0.29, 0.717) is 30.2 Å². The maximum absolute atomic E-state index is 13.1. The fourth-order valence-corrected chi connectivity index (χ4v) is 3.39. The zero-order valence-electron chi connectivity index (χ0n) is 15.7. The summed E-state index contributed by atoms with van der Waals surface area (Å²) < 4.78 is 13.1. The molecular weight excluding hydrogens is 355 g/mol. The molecule has 0 spiro atoms. The van der Waals surface area contributed by atoms with Crippen molar-refractivity contribution < 1.29 is 9.18 Å². The maximum Gasteiger partial charge on any atom is 0.257 e. The van der Waals surface area contributed by atoms with E-state index in [0.717, 1.165) is 18.7 Å². The summed E-state index contributed by atoms with van der Waals surface area (Å²) in [4.78, 5) is 25.9. The van der Waals surface area contributed by atoms with Gasteiger partial charge in [-0.3, -0.25) is 4.79 Å². The molecule has 0 bridgehead atoms. The van der Waals surface area contributed by atoms with Gasteiger partial charge >= 0.3 is 0 Å². The molecule has 6 heteroatoms. The highest BCUT2D eigenvalue weighted by Crippen LogP contribution is 2.20. The van der Waals surface area contributed by atoms with Gasteiger partial charge in [0.25, 0.3) is 5.91 Å². The Labute approximate surface area is 163 Å². The zero-order chi connectivity index (χ0) is 19.5. The van der Waals surface area contributed by atoms with Crippen LogP contribution in [0.5, 0.6) is 0 Å². The minimum Gasteiger partial charge on any atom is -0.368 e. The molecule has 1 saturated heterocycles. The quantitative estimate of drug-likeness (QED) is 0.701. The van der Waals surface area contributed by atoms with Gasteiger partial charge in [-0.2, -0.15) is 0 Å². The lowest BCUT2D eigenvalue weighted by molar-refractivity contribution is 0.0745. The first-order chi connectivity index (χ1) is 13.6. The van der Waals surface area contributed by atoms with Gasteiger partial charge in [-0.25, -0.2) is 14.4 Å². The number of piperazine rings is 1. The van der Waals surface area contributed by atoms with Crippen LogP contribution in [0.25, 0.3) is 11.4 Å². The fraction of sp³-hybridized carbons (Fsp3) is 0.227. The highest BCUT2D eigenvalue weighted by molar-refractivity contribution is 5.95. The molecule has 2 aromatic carbocycles. The molecule has 1 aliphatic rings. The summed E-state index contributed by atoms with van der Waals surface area (Å²) in [6.07, 6.45) is 1.58. The number of hydrogen-bond donors (Lipinski definition) is 0. The molecule has 4 rings (SSSR count). The van der Waals surface area contributed by atoms with Crippen LogP contribution in [-0.2, 0) is 0 Å². The van der Waals surface area contributed by atoms with Gasteiger partial charge in [0.05, 0.1) is 11.3 Å². The molecule has 0 N–H and O–H groups in total. The summed E-state index contributed by atoms with van der Waals surface area (Å²) in [5.41, 5.74) is 3.04. The molecular formula is C22H21FN4O. The summed E-state index contributed by atoms with van der Waals surface area (Å²) in [6.45, 7) is 4.72. The van der Waals surface area contributed by atoms with Crippen molar-refractivity contribution in [1.82, 2.24) is 14.9 Å². The molecule has 0 unspecified atom stereocenters. The SMILES string of the molecule is Cc1nc(-c2ccc(F)cc2)ncc1C(=O)N1CCN(c2ccccc2)CC1. The molecule has 3 aromatic rings.